The van der Waals surface area contributed by atoms with E-state index >= 15 is 0 Å². The van der Waals surface area contributed by atoms with E-state index in [4.69, 9.17) is 4.74 Å². The summed E-state index contributed by atoms with van der Waals surface area (Å²) in [6, 6.07) is 14.8. The van der Waals surface area contributed by atoms with Crippen LogP contribution in [0.5, 0.6) is 5.75 Å². The first kappa shape index (κ1) is 20.5. The maximum atomic E-state index is 12.2. The molecular weight excluding hydrogens is 340 g/mol. The number of aryl methyl sites for hydroxylation is 1. The van der Waals surface area contributed by atoms with E-state index in [2.05, 4.69) is 17.6 Å². The van der Waals surface area contributed by atoms with Crippen molar-refractivity contribution in [3.63, 3.8) is 0 Å². The number of rotatable bonds is 9. The Bertz CT molecular complexity index is 739. The molecule has 2 aromatic rings. The highest BCUT2D eigenvalue weighted by molar-refractivity contribution is 5.94. The molecule has 0 radical (unpaired) electrons. The Labute approximate surface area is 161 Å². The number of carbonyl (C=O) groups excluding carboxylic acids is 2. The van der Waals surface area contributed by atoms with Gasteiger partial charge in [0.25, 0.3) is 11.8 Å². The monoisotopic (exact) mass is 368 g/mol. The van der Waals surface area contributed by atoms with Crippen molar-refractivity contribution < 1.29 is 14.3 Å². The average molecular weight is 368 g/mol. The second kappa shape index (κ2) is 10.4. The van der Waals surface area contributed by atoms with Crippen LogP contribution >= 0.6 is 0 Å². The third-order valence-electron chi connectivity index (χ3n) is 4.20. The van der Waals surface area contributed by atoms with Gasteiger partial charge in [-0.3, -0.25) is 9.59 Å². The summed E-state index contributed by atoms with van der Waals surface area (Å²) in [5.41, 5.74) is 2.69. The normalized spacial score (nSPS) is 11.5. The fraction of sp³-hybridized carbons (Fsp3) is 0.364. The second-order valence-electron chi connectivity index (χ2n) is 6.60. The van der Waals surface area contributed by atoms with Crippen molar-refractivity contribution in [2.24, 2.45) is 0 Å². The molecule has 27 heavy (non-hydrogen) atoms. The summed E-state index contributed by atoms with van der Waals surface area (Å²) in [6.07, 6.45) is 1.43. The fourth-order valence-corrected chi connectivity index (χ4v) is 2.46. The van der Waals surface area contributed by atoms with Crippen LogP contribution in [0, 0.1) is 6.92 Å². The van der Waals surface area contributed by atoms with Gasteiger partial charge in [-0.25, -0.2) is 0 Å². The summed E-state index contributed by atoms with van der Waals surface area (Å²) in [7, 11) is 0. The molecule has 0 aromatic heterocycles. The molecule has 0 heterocycles. The summed E-state index contributed by atoms with van der Waals surface area (Å²) in [6.45, 7) is 6.88. The molecule has 1 atom stereocenters. The fourth-order valence-electron chi connectivity index (χ4n) is 2.46. The van der Waals surface area contributed by atoms with Crippen LogP contribution in [0.2, 0.25) is 0 Å². The Morgan fingerprint density at radius 3 is 2.30 bits per heavy atom. The predicted molar refractivity (Wildman–Crippen MR) is 107 cm³/mol. The molecular formula is C22H28N2O3. The number of unbranched alkanes of at least 4 members (excludes halogenated alkanes) is 1. The van der Waals surface area contributed by atoms with Crippen molar-refractivity contribution in [1.82, 2.24) is 10.6 Å². The van der Waals surface area contributed by atoms with Crippen LogP contribution in [0.25, 0.3) is 0 Å². The van der Waals surface area contributed by atoms with E-state index in [0.29, 0.717) is 24.4 Å². The summed E-state index contributed by atoms with van der Waals surface area (Å²) in [5.74, 6) is 0.415. The van der Waals surface area contributed by atoms with E-state index in [-0.39, 0.29) is 11.8 Å². The molecule has 0 spiro atoms. The number of hydrogen-bond acceptors (Lipinski definition) is 3. The van der Waals surface area contributed by atoms with E-state index in [1.807, 2.05) is 43.3 Å². The number of nitrogens with one attached hydrogen (secondary N) is 2. The molecule has 5 nitrogen and oxygen atoms in total. The van der Waals surface area contributed by atoms with E-state index in [0.717, 1.165) is 24.0 Å². The molecule has 5 heteroatoms. The third-order valence-corrected chi connectivity index (χ3v) is 4.20. The molecule has 0 aliphatic carbocycles. The minimum absolute atomic E-state index is 0.0702. The minimum atomic E-state index is -0.587. The molecule has 2 amide bonds. The SMILES string of the molecule is CCCCNC(=O)c1ccc(CNC(=O)C(C)Oc2ccc(C)cc2)cc1. The largest absolute Gasteiger partial charge is 0.481 e. The highest BCUT2D eigenvalue weighted by atomic mass is 16.5. The van der Waals surface area contributed by atoms with E-state index in [9.17, 15) is 9.59 Å². The smallest absolute Gasteiger partial charge is 0.261 e. The molecule has 1 unspecified atom stereocenters. The van der Waals surface area contributed by atoms with Crippen LogP contribution in [0.3, 0.4) is 0 Å². The van der Waals surface area contributed by atoms with Gasteiger partial charge >= 0.3 is 0 Å². The Hall–Kier alpha value is -2.82. The molecule has 0 aliphatic rings. The molecule has 2 aromatic carbocycles. The molecule has 0 aliphatic heterocycles. The first-order valence-electron chi connectivity index (χ1n) is 9.37. The van der Waals surface area contributed by atoms with Gasteiger partial charge < -0.3 is 15.4 Å². The molecule has 0 bridgehead atoms. The predicted octanol–water partition coefficient (Wildman–Crippen LogP) is 3.61. The van der Waals surface area contributed by atoms with Gasteiger partial charge in [0.1, 0.15) is 5.75 Å². The highest BCUT2D eigenvalue weighted by Gasteiger charge is 2.14. The Kier molecular flexibility index (Phi) is 7.86. The van der Waals surface area contributed by atoms with Crippen molar-refractivity contribution >= 4 is 11.8 Å². The Morgan fingerprint density at radius 1 is 1.00 bits per heavy atom. The summed E-state index contributed by atoms with van der Waals surface area (Å²) >= 11 is 0. The number of ether oxygens (including phenoxy) is 1. The first-order valence-corrected chi connectivity index (χ1v) is 9.37. The zero-order valence-corrected chi connectivity index (χ0v) is 16.2. The quantitative estimate of drug-likeness (QED) is 0.665. The van der Waals surface area contributed by atoms with Crippen molar-refractivity contribution in [3.8, 4) is 5.75 Å². The lowest BCUT2D eigenvalue weighted by Gasteiger charge is -2.15. The Balaban J connectivity index is 1.80. The van der Waals surface area contributed by atoms with Gasteiger partial charge in [0.15, 0.2) is 6.10 Å². The third kappa shape index (κ3) is 6.77. The molecule has 2 rings (SSSR count). The Morgan fingerprint density at radius 2 is 1.67 bits per heavy atom. The van der Waals surface area contributed by atoms with Gasteiger partial charge in [0.2, 0.25) is 0 Å². The van der Waals surface area contributed by atoms with Gasteiger partial charge in [-0.1, -0.05) is 43.2 Å². The number of hydrogen-bond donors (Lipinski definition) is 2. The van der Waals surface area contributed by atoms with Crippen LogP contribution in [0.4, 0.5) is 0 Å². The number of carbonyl (C=O) groups is 2. The molecule has 2 N–H and O–H groups in total. The van der Waals surface area contributed by atoms with Gasteiger partial charge in [0.05, 0.1) is 0 Å². The summed E-state index contributed by atoms with van der Waals surface area (Å²) < 4.78 is 5.65. The molecule has 144 valence electrons. The minimum Gasteiger partial charge on any atom is -0.481 e. The topological polar surface area (TPSA) is 67.4 Å². The van der Waals surface area contributed by atoms with Crippen LogP contribution in [-0.4, -0.2) is 24.5 Å². The van der Waals surface area contributed by atoms with Crippen molar-refractivity contribution in [2.45, 2.75) is 46.3 Å². The lowest BCUT2D eigenvalue weighted by Crippen LogP contribution is -2.35. The second-order valence-corrected chi connectivity index (χ2v) is 6.60. The van der Waals surface area contributed by atoms with Crippen LogP contribution in [-0.2, 0) is 11.3 Å². The number of amides is 2. The van der Waals surface area contributed by atoms with Crippen molar-refractivity contribution in [1.29, 1.82) is 0 Å². The standard InChI is InChI=1S/C22H28N2O3/c1-4-5-14-23-22(26)19-10-8-18(9-11-19)15-24-21(25)17(3)27-20-12-6-16(2)7-13-20/h6-13,17H,4-5,14-15H2,1-3H3,(H,23,26)(H,24,25). The molecule has 0 saturated heterocycles. The zero-order valence-electron chi connectivity index (χ0n) is 16.2. The first-order chi connectivity index (χ1) is 13.0. The van der Waals surface area contributed by atoms with Crippen LogP contribution < -0.4 is 15.4 Å². The van der Waals surface area contributed by atoms with Crippen LogP contribution in [0.15, 0.2) is 48.5 Å². The van der Waals surface area contributed by atoms with E-state index in [1.54, 1.807) is 19.1 Å². The maximum Gasteiger partial charge on any atom is 0.261 e. The number of benzene rings is 2. The van der Waals surface area contributed by atoms with Gasteiger partial charge in [0, 0.05) is 18.7 Å². The van der Waals surface area contributed by atoms with Crippen molar-refractivity contribution in [2.75, 3.05) is 6.54 Å². The lowest BCUT2D eigenvalue weighted by atomic mass is 10.1. The summed E-state index contributed by atoms with van der Waals surface area (Å²) in [5, 5.41) is 5.74. The molecule has 0 fully saturated rings. The van der Waals surface area contributed by atoms with E-state index < -0.39 is 6.10 Å². The van der Waals surface area contributed by atoms with Crippen LogP contribution in [0.1, 0.15) is 48.2 Å². The average Bonchev–Trinajstić information content (AvgIpc) is 2.68. The van der Waals surface area contributed by atoms with Crippen molar-refractivity contribution in [3.05, 3.63) is 65.2 Å². The lowest BCUT2D eigenvalue weighted by molar-refractivity contribution is -0.127. The van der Waals surface area contributed by atoms with E-state index in [1.165, 1.54) is 0 Å². The maximum absolute atomic E-state index is 12.2. The van der Waals surface area contributed by atoms with Gasteiger partial charge in [-0.15, -0.1) is 0 Å². The van der Waals surface area contributed by atoms with Gasteiger partial charge in [-0.2, -0.15) is 0 Å². The highest BCUT2D eigenvalue weighted by Crippen LogP contribution is 2.13. The molecule has 0 saturated carbocycles. The summed E-state index contributed by atoms with van der Waals surface area (Å²) in [4.78, 5) is 24.2. The zero-order chi connectivity index (χ0) is 19.6. The van der Waals surface area contributed by atoms with Gasteiger partial charge in [-0.05, 0) is 50.1 Å².